The number of hydrogen-bond acceptors (Lipinski definition) is 11. The van der Waals surface area contributed by atoms with E-state index in [1.54, 1.807) is 14.1 Å². The Labute approximate surface area is 198 Å². The van der Waals surface area contributed by atoms with Gasteiger partial charge in [-0.25, -0.2) is 23.9 Å². The third-order valence-corrected chi connectivity index (χ3v) is 7.15. The van der Waals surface area contributed by atoms with Crippen LogP contribution in [0.5, 0.6) is 0 Å². The summed E-state index contributed by atoms with van der Waals surface area (Å²) in [4.78, 5) is 46.1. The summed E-state index contributed by atoms with van der Waals surface area (Å²) < 4.78 is 37.5. The van der Waals surface area contributed by atoms with Crippen molar-refractivity contribution < 1.29 is 56.9 Å². The van der Waals surface area contributed by atoms with Crippen LogP contribution in [0.3, 0.4) is 0 Å². The van der Waals surface area contributed by atoms with Gasteiger partial charge in [-0.2, -0.15) is 8.79 Å². The van der Waals surface area contributed by atoms with Crippen LogP contribution in [0.15, 0.2) is 12.5 Å². The Morgan fingerprint density at radius 1 is 1.34 bits per heavy atom. The van der Waals surface area contributed by atoms with Crippen molar-refractivity contribution in [2.24, 2.45) is 0 Å². The summed E-state index contributed by atoms with van der Waals surface area (Å²) >= 11 is 0. The van der Waals surface area contributed by atoms with E-state index in [0.717, 1.165) is 6.33 Å². The standard InChI is InChI=1S/C17H23N5O11P2/c1-17(25)13(24)11(7-31-35(29,30)33-34(26,27)28)32-16(17)21-6-10(4-5-22(2,3)9-23)12-14(18)19-8-20-15(12)21/h6,8-9,11,13,16,24-25H,7H2,1-3H3,(H4-,18,19,20,26,27,28,29,30)/p+1/t11-,13-,16-,17-/m1/s1. The number of carbonyl (C=O) groups is 1. The molecule has 1 fully saturated rings. The number of phosphoric acid groups is 2. The first-order valence-corrected chi connectivity index (χ1v) is 12.7. The smallest absolute Gasteiger partial charge is 0.387 e. The fourth-order valence-electron chi connectivity index (χ4n) is 3.32. The van der Waals surface area contributed by atoms with Crippen LogP contribution in [0.25, 0.3) is 11.0 Å². The summed E-state index contributed by atoms with van der Waals surface area (Å²) in [5, 5.41) is 21.9. The summed E-state index contributed by atoms with van der Waals surface area (Å²) in [6, 6.07) is 2.73. The molecule has 192 valence electrons. The summed E-state index contributed by atoms with van der Waals surface area (Å²) in [7, 11) is -7.50. The fourth-order valence-corrected chi connectivity index (χ4v) is 4.92. The maximum atomic E-state index is 11.7. The Bertz CT molecular complexity index is 1290. The number of nitrogen functional groups attached to an aromatic ring is 1. The first-order chi connectivity index (χ1) is 16.0. The highest BCUT2D eigenvalue weighted by molar-refractivity contribution is 7.60. The van der Waals surface area contributed by atoms with Crippen molar-refractivity contribution >= 4 is 38.9 Å². The van der Waals surface area contributed by atoms with E-state index in [4.69, 9.17) is 20.3 Å². The second-order valence-electron chi connectivity index (χ2n) is 8.32. The van der Waals surface area contributed by atoms with Crippen molar-refractivity contribution in [3.05, 3.63) is 18.1 Å². The van der Waals surface area contributed by atoms with E-state index in [-0.39, 0.29) is 26.9 Å². The van der Waals surface area contributed by atoms with Gasteiger partial charge in [0.15, 0.2) is 6.23 Å². The molecule has 1 aliphatic rings. The van der Waals surface area contributed by atoms with Crippen LogP contribution >= 0.6 is 15.6 Å². The Hall–Kier alpha value is -2.25. The third-order valence-electron chi connectivity index (χ3n) is 5.00. The number of nitrogens with two attached hydrogens (primary N) is 1. The van der Waals surface area contributed by atoms with Gasteiger partial charge in [-0.1, -0.05) is 0 Å². The van der Waals surface area contributed by atoms with Crippen molar-refractivity contribution in [3.8, 4) is 12.0 Å². The molecule has 1 saturated heterocycles. The van der Waals surface area contributed by atoms with Crippen LogP contribution in [0.1, 0.15) is 18.7 Å². The van der Waals surface area contributed by atoms with E-state index in [9.17, 15) is 29.0 Å². The lowest BCUT2D eigenvalue weighted by molar-refractivity contribution is -0.731. The molecule has 35 heavy (non-hydrogen) atoms. The van der Waals surface area contributed by atoms with Gasteiger partial charge < -0.3 is 39.9 Å². The molecule has 5 atom stereocenters. The van der Waals surface area contributed by atoms with E-state index in [0.29, 0.717) is 6.41 Å². The van der Waals surface area contributed by atoms with Gasteiger partial charge in [0.2, 0.25) is 0 Å². The number of fused-ring (bicyclic) bond motifs is 1. The highest BCUT2D eigenvalue weighted by Crippen LogP contribution is 2.58. The number of quaternary nitrogens is 1. The van der Waals surface area contributed by atoms with E-state index >= 15 is 0 Å². The molecule has 3 rings (SSSR count). The number of aliphatic hydroxyl groups excluding tert-OH is 1. The number of aliphatic hydroxyl groups is 2. The van der Waals surface area contributed by atoms with Crippen LogP contribution in [-0.2, 0) is 27.5 Å². The van der Waals surface area contributed by atoms with Gasteiger partial charge in [-0.3, -0.25) is 4.52 Å². The molecule has 0 aromatic carbocycles. The molecule has 3 heterocycles. The Morgan fingerprint density at radius 2 is 2.00 bits per heavy atom. The minimum absolute atomic E-state index is 0.0448. The topological polar surface area (TPSA) is 237 Å². The highest BCUT2D eigenvalue weighted by Gasteiger charge is 2.54. The molecule has 2 aromatic rings. The van der Waals surface area contributed by atoms with Gasteiger partial charge in [0.1, 0.15) is 41.6 Å². The van der Waals surface area contributed by atoms with Crippen molar-refractivity contribution in [2.75, 3.05) is 26.4 Å². The number of nitrogens with zero attached hydrogens (tertiary/aromatic N) is 4. The molecule has 2 aromatic heterocycles. The molecule has 1 amide bonds. The van der Waals surface area contributed by atoms with Crippen molar-refractivity contribution in [1.29, 1.82) is 0 Å². The first kappa shape index (κ1) is 27.3. The van der Waals surface area contributed by atoms with Crippen LogP contribution in [0, 0.1) is 12.0 Å². The number of hydrogen-bond donors (Lipinski definition) is 6. The number of anilines is 1. The molecule has 7 N–H and O–H groups in total. The highest BCUT2D eigenvalue weighted by atomic mass is 31.3. The molecule has 0 spiro atoms. The zero-order valence-corrected chi connectivity index (χ0v) is 20.4. The number of rotatable bonds is 7. The largest absolute Gasteiger partial charge is 0.481 e. The van der Waals surface area contributed by atoms with E-state index in [2.05, 4.69) is 30.8 Å². The number of aromatic nitrogens is 3. The maximum Gasteiger partial charge on any atom is 0.481 e. The molecule has 0 saturated carbocycles. The molecule has 16 nitrogen and oxygen atoms in total. The summed E-state index contributed by atoms with van der Waals surface area (Å²) in [5.41, 5.74) is 4.42. The monoisotopic (exact) mass is 536 g/mol. The summed E-state index contributed by atoms with van der Waals surface area (Å²) in [6.07, 6.45) is -1.32. The molecule has 0 radical (unpaired) electrons. The van der Waals surface area contributed by atoms with Gasteiger partial charge in [-0.15, -0.1) is 0 Å². The number of carbonyl (C=O) groups excluding carboxylic acids is 1. The predicted molar refractivity (Wildman–Crippen MR) is 116 cm³/mol. The van der Waals surface area contributed by atoms with Crippen LogP contribution in [0.4, 0.5) is 5.82 Å². The van der Waals surface area contributed by atoms with Crippen LogP contribution < -0.4 is 5.73 Å². The average molecular weight is 536 g/mol. The van der Waals surface area contributed by atoms with Crippen LogP contribution in [-0.4, -0.2) is 88.8 Å². The number of amides is 1. The minimum Gasteiger partial charge on any atom is -0.387 e. The minimum atomic E-state index is -5.36. The van der Waals surface area contributed by atoms with E-state index in [1.165, 1.54) is 17.7 Å². The molecule has 1 aliphatic heterocycles. The molecule has 0 aliphatic carbocycles. The molecular formula is C17H24N5O11P2+. The van der Waals surface area contributed by atoms with Gasteiger partial charge >= 0.3 is 22.1 Å². The quantitative estimate of drug-likeness (QED) is 0.105. The zero-order chi connectivity index (χ0) is 26.4. The molecule has 1 unspecified atom stereocenters. The van der Waals surface area contributed by atoms with Crippen LogP contribution in [0.2, 0.25) is 0 Å². The maximum absolute atomic E-state index is 11.7. The Kier molecular flexibility index (Phi) is 7.28. The number of phosphoric ester groups is 1. The first-order valence-electron chi connectivity index (χ1n) is 9.72. The van der Waals surface area contributed by atoms with Gasteiger partial charge in [0.25, 0.3) is 0 Å². The van der Waals surface area contributed by atoms with Gasteiger partial charge in [-0.05, 0) is 6.92 Å². The van der Waals surface area contributed by atoms with E-state index in [1.807, 2.05) is 0 Å². The lowest BCUT2D eigenvalue weighted by Crippen LogP contribution is -2.44. The Morgan fingerprint density at radius 3 is 2.60 bits per heavy atom. The van der Waals surface area contributed by atoms with Gasteiger partial charge in [0.05, 0.1) is 31.7 Å². The molecule has 18 heteroatoms. The number of ether oxygens (including phenoxy) is 1. The third kappa shape index (κ3) is 5.95. The van der Waals surface area contributed by atoms with Crippen molar-refractivity contribution in [1.82, 2.24) is 14.5 Å². The fraction of sp³-hybridized carbons (Fsp3) is 0.471. The SMILES string of the molecule is C[C@@]1(O)[C@H](O)[C@@H](COP(=O)(O)OP(=O)(O)O)O[C@H]1n1cc(C#C[N+](C)(C)C=O)c2c(N)ncnc21. The lowest BCUT2D eigenvalue weighted by atomic mass is 9.96. The van der Waals surface area contributed by atoms with E-state index < -0.39 is 46.3 Å². The predicted octanol–water partition coefficient (Wildman–Crippen LogP) is -1.21. The molecular weight excluding hydrogens is 512 g/mol. The second kappa shape index (κ2) is 9.32. The van der Waals surface area contributed by atoms with Crippen molar-refractivity contribution in [2.45, 2.75) is 31.0 Å². The lowest BCUT2D eigenvalue weighted by Gasteiger charge is -2.27. The summed E-state index contributed by atoms with van der Waals surface area (Å²) in [6.45, 7) is 0.344. The Balaban J connectivity index is 1.97. The molecule has 0 bridgehead atoms. The van der Waals surface area contributed by atoms with Crippen molar-refractivity contribution in [3.63, 3.8) is 0 Å². The normalized spacial score (nSPS) is 26.8. The summed E-state index contributed by atoms with van der Waals surface area (Å²) in [5.74, 6) is 2.85. The van der Waals surface area contributed by atoms with Gasteiger partial charge in [0, 0.05) is 12.1 Å². The zero-order valence-electron chi connectivity index (χ0n) is 18.6. The average Bonchev–Trinajstić information content (AvgIpc) is 3.19. The second-order valence-corrected chi connectivity index (χ2v) is 11.2.